The molecule has 30 atom stereocenters. The lowest BCUT2D eigenvalue weighted by Crippen LogP contribution is -2.70. The second-order valence-electron chi connectivity index (χ2n) is 17.4. The van der Waals surface area contributed by atoms with E-state index in [4.69, 9.17) is 52.1 Å². The fraction of sp³-hybridized carbons (Fsp3) is 0.974. The highest BCUT2D eigenvalue weighted by molar-refractivity contribution is 5.73. The first-order chi connectivity index (χ1) is 31.0. The predicted molar refractivity (Wildman–Crippen MR) is 205 cm³/mol. The highest BCUT2D eigenvalue weighted by Crippen LogP contribution is 2.38. The Morgan fingerprint density at radius 2 is 0.803 bits per heavy atom. The lowest BCUT2D eigenvalue weighted by atomic mass is 9.94. The Balaban J connectivity index is 1.34. The number of aliphatic hydroxyl groups excluding tert-OH is 15. The Hall–Kier alpha value is -1.57. The van der Waals surface area contributed by atoms with E-state index in [0.29, 0.717) is 0 Å². The van der Waals surface area contributed by atoms with Crippen LogP contribution in [0.5, 0.6) is 0 Å². The van der Waals surface area contributed by atoms with Gasteiger partial charge in [-0.25, -0.2) is 0 Å². The minimum atomic E-state index is -2.05. The van der Waals surface area contributed by atoms with Gasteiger partial charge in [0.15, 0.2) is 37.7 Å². The van der Waals surface area contributed by atoms with Crippen molar-refractivity contribution in [3.63, 3.8) is 0 Å². The molecular formula is C38H65NO27. The molecule has 1 amide bonds. The smallest absolute Gasteiger partial charge is 0.217 e. The van der Waals surface area contributed by atoms with Crippen molar-refractivity contribution < 1.29 is 133 Å². The predicted octanol–water partition coefficient (Wildman–Crippen LogP) is -9.85. The molecule has 0 unspecified atom stereocenters. The lowest BCUT2D eigenvalue weighted by molar-refractivity contribution is -0.404. The summed E-state index contributed by atoms with van der Waals surface area (Å²) in [7, 11) is 0. The third-order valence-corrected chi connectivity index (χ3v) is 12.7. The number of carbonyl (C=O) groups is 1. The van der Waals surface area contributed by atoms with Crippen LogP contribution >= 0.6 is 0 Å². The maximum absolute atomic E-state index is 12.9. The van der Waals surface area contributed by atoms with Crippen LogP contribution in [0.1, 0.15) is 34.6 Å². The Labute approximate surface area is 376 Å². The second-order valence-corrected chi connectivity index (χ2v) is 17.4. The molecule has 0 aromatic carbocycles. The van der Waals surface area contributed by atoms with Crippen molar-refractivity contribution in [1.82, 2.24) is 5.32 Å². The highest BCUT2D eigenvalue weighted by Gasteiger charge is 2.58. The molecule has 384 valence electrons. The molecule has 0 aromatic rings. The van der Waals surface area contributed by atoms with Gasteiger partial charge in [0.2, 0.25) is 5.91 Å². The second kappa shape index (κ2) is 22.2. The van der Waals surface area contributed by atoms with Crippen LogP contribution < -0.4 is 5.32 Å². The van der Waals surface area contributed by atoms with Gasteiger partial charge in [-0.3, -0.25) is 4.79 Å². The summed E-state index contributed by atoms with van der Waals surface area (Å²) in [6.45, 7) is 4.56. The number of aliphatic hydroxyl groups is 15. The van der Waals surface area contributed by atoms with Gasteiger partial charge in [-0.15, -0.1) is 0 Å². The number of hydrogen-bond donors (Lipinski definition) is 16. The maximum Gasteiger partial charge on any atom is 0.217 e. The minimum Gasteiger partial charge on any atom is -0.394 e. The van der Waals surface area contributed by atoms with Gasteiger partial charge in [-0.1, -0.05) is 0 Å². The fourth-order valence-electron chi connectivity index (χ4n) is 8.65. The molecule has 6 aliphatic rings. The van der Waals surface area contributed by atoms with E-state index in [1.807, 2.05) is 0 Å². The summed E-state index contributed by atoms with van der Waals surface area (Å²) < 4.78 is 64.1. The van der Waals surface area contributed by atoms with E-state index in [0.717, 1.165) is 6.92 Å². The standard InChI is InChI=1S/C38H65NO27/c1-8-17(44)24(51)31(33(55)56-8)65-38-32(30(19(46)11(4)59-38)64-36-26(53)23(50)20(47)13(6-40)61-36)66-34-15(39-12(5)42)28(21(48)14(7-41)60-34)62-37-27(54)29(18(45)10(3)58-37)63-35-25(52)22(49)16(43)9(2)57-35/h8-11,13-38,40-41,43-55H,6-7H2,1-5H3,(H,39,42)/t8-,9-,10-,11-,13+,14+,15+,16-,17-,18-,19-,20+,21+,22+,23-,24+,25+,26+,27+,28+,29+,30+,31+,32+,33+,34-,35-,36+,37-,38-/m0/s1. The zero-order chi connectivity index (χ0) is 48.8. The van der Waals surface area contributed by atoms with E-state index in [9.17, 15) is 81.4 Å². The van der Waals surface area contributed by atoms with Gasteiger partial charge in [-0.2, -0.15) is 0 Å². The number of amides is 1. The molecule has 0 saturated carbocycles. The molecule has 0 spiro atoms. The van der Waals surface area contributed by atoms with Crippen molar-refractivity contribution in [1.29, 1.82) is 0 Å². The minimum absolute atomic E-state index is 0.821. The van der Waals surface area contributed by atoms with Crippen LogP contribution in [0.25, 0.3) is 0 Å². The number of nitrogens with one attached hydrogen (secondary N) is 1. The van der Waals surface area contributed by atoms with E-state index >= 15 is 0 Å². The van der Waals surface area contributed by atoms with Crippen LogP contribution in [0.3, 0.4) is 0 Å². The van der Waals surface area contributed by atoms with Gasteiger partial charge in [0.25, 0.3) is 0 Å². The quantitative estimate of drug-likeness (QED) is 0.0815. The lowest BCUT2D eigenvalue weighted by Gasteiger charge is -2.51. The van der Waals surface area contributed by atoms with E-state index < -0.39 is 203 Å². The van der Waals surface area contributed by atoms with E-state index in [-0.39, 0.29) is 0 Å². The van der Waals surface area contributed by atoms with Crippen LogP contribution in [0.4, 0.5) is 0 Å². The summed E-state index contributed by atoms with van der Waals surface area (Å²) in [5.41, 5.74) is 0. The van der Waals surface area contributed by atoms with Gasteiger partial charge >= 0.3 is 0 Å². The highest BCUT2D eigenvalue weighted by atomic mass is 16.8. The van der Waals surface area contributed by atoms with Gasteiger partial charge in [0, 0.05) is 6.92 Å². The molecule has 66 heavy (non-hydrogen) atoms. The van der Waals surface area contributed by atoms with Crippen molar-refractivity contribution in [3.05, 3.63) is 0 Å². The number of ether oxygens (including phenoxy) is 11. The average Bonchev–Trinajstić information content (AvgIpc) is 3.27. The molecule has 6 heterocycles. The summed E-state index contributed by atoms with van der Waals surface area (Å²) in [6, 6.07) is -1.74. The molecule has 6 fully saturated rings. The molecule has 28 nitrogen and oxygen atoms in total. The van der Waals surface area contributed by atoms with Crippen molar-refractivity contribution in [2.75, 3.05) is 13.2 Å². The van der Waals surface area contributed by atoms with Gasteiger partial charge in [-0.05, 0) is 27.7 Å². The zero-order valence-corrected chi connectivity index (χ0v) is 36.3. The Morgan fingerprint density at radius 3 is 1.39 bits per heavy atom. The largest absolute Gasteiger partial charge is 0.394 e. The van der Waals surface area contributed by atoms with Crippen LogP contribution in [0, 0.1) is 0 Å². The Bertz CT molecular complexity index is 1560. The van der Waals surface area contributed by atoms with Crippen LogP contribution in [-0.2, 0) is 56.9 Å². The Morgan fingerprint density at radius 1 is 0.394 bits per heavy atom. The summed E-state index contributed by atoms with van der Waals surface area (Å²) in [5.74, 6) is -0.821. The molecule has 28 heteroatoms. The van der Waals surface area contributed by atoms with Crippen molar-refractivity contribution >= 4 is 5.91 Å². The fourth-order valence-corrected chi connectivity index (χ4v) is 8.65. The van der Waals surface area contributed by atoms with Gasteiger partial charge < -0.3 is 134 Å². The zero-order valence-electron chi connectivity index (χ0n) is 36.3. The normalized spacial score (nSPS) is 53.9. The third-order valence-electron chi connectivity index (χ3n) is 12.7. The molecule has 6 aliphatic heterocycles. The summed E-state index contributed by atoms with van der Waals surface area (Å²) in [4.78, 5) is 12.9. The maximum atomic E-state index is 12.9. The SMILES string of the molecule is CC(=O)N[C@H]1[C@H](O[C@H]2[C@H](O[C@@H]3[C@H](O)[C@@H](O)[C@H](C)O[C@H]3O)O[C@@H](C)[C@H](O)[C@H]2O[C@H]2O[C@H](CO)[C@@H](O)[C@H](O)[C@H]2O)O[C@H](CO)[C@@H](O)[C@@H]1O[C@@H]1O[C@@H](C)[C@H](O)[C@@H](O[C@@H]2O[C@@H](C)[C@H](O)[C@@H](O)[C@H]2O)[C@H]1O. The van der Waals surface area contributed by atoms with Crippen LogP contribution in [0.2, 0.25) is 0 Å². The number of rotatable bonds is 13. The number of hydrogen-bond acceptors (Lipinski definition) is 27. The van der Waals surface area contributed by atoms with Crippen molar-refractivity contribution in [2.24, 2.45) is 0 Å². The molecule has 0 aromatic heterocycles. The topological polar surface area (TPSA) is 434 Å². The first kappa shape index (κ1) is 53.8. The molecule has 16 N–H and O–H groups in total. The van der Waals surface area contributed by atoms with Gasteiger partial charge in [0.05, 0.1) is 37.6 Å². The molecule has 0 radical (unpaired) electrons. The van der Waals surface area contributed by atoms with Crippen molar-refractivity contribution in [3.8, 4) is 0 Å². The van der Waals surface area contributed by atoms with E-state index in [2.05, 4.69) is 5.32 Å². The molecular weight excluding hydrogens is 902 g/mol. The summed E-state index contributed by atoms with van der Waals surface area (Å²) >= 11 is 0. The van der Waals surface area contributed by atoms with Crippen molar-refractivity contribution in [2.45, 2.75) is 219 Å². The molecule has 6 rings (SSSR count). The first-order valence-corrected chi connectivity index (χ1v) is 21.5. The summed E-state index contributed by atoms with van der Waals surface area (Å²) in [5, 5.41) is 164. The molecule has 0 aliphatic carbocycles. The monoisotopic (exact) mass is 967 g/mol. The van der Waals surface area contributed by atoms with E-state index in [1.165, 1.54) is 27.7 Å². The van der Waals surface area contributed by atoms with Crippen LogP contribution in [0.15, 0.2) is 0 Å². The Kier molecular flexibility index (Phi) is 18.1. The van der Waals surface area contributed by atoms with Gasteiger partial charge in [0.1, 0.15) is 122 Å². The first-order valence-electron chi connectivity index (χ1n) is 21.5. The third kappa shape index (κ3) is 11.0. The van der Waals surface area contributed by atoms with E-state index in [1.54, 1.807) is 0 Å². The average molecular weight is 968 g/mol. The summed E-state index contributed by atoms with van der Waals surface area (Å²) in [6.07, 6.45) is -50.4. The molecule has 0 bridgehead atoms. The van der Waals surface area contributed by atoms with Crippen LogP contribution in [-0.4, -0.2) is 280 Å². The molecule has 6 saturated heterocycles. The number of carbonyl (C=O) groups excluding carboxylic acids is 1.